The van der Waals surface area contributed by atoms with Gasteiger partial charge in [-0.2, -0.15) is 0 Å². The van der Waals surface area contributed by atoms with E-state index in [9.17, 15) is 14.4 Å². The Morgan fingerprint density at radius 1 is 0.943 bits per heavy atom. The highest BCUT2D eigenvalue weighted by Gasteiger charge is 2.35. The number of methoxy groups -OCH3 is 1. The van der Waals surface area contributed by atoms with Gasteiger partial charge in [0.2, 0.25) is 5.91 Å². The Hall–Kier alpha value is -3.35. The van der Waals surface area contributed by atoms with Crippen LogP contribution in [0.2, 0.25) is 0 Å². The number of benzene rings is 2. The van der Waals surface area contributed by atoms with Gasteiger partial charge in [0.15, 0.2) is 0 Å². The smallest absolute Gasteiger partial charge is 0.253 e. The number of amides is 3. The highest BCUT2D eigenvalue weighted by molar-refractivity contribution is 5.99. The molecule has 1 heterocycles. The van der Waals surface area contributed by atoms with E-state index in [1.165, 1.54) is 0 Å². The zero-order chi connectivity index (χ0) is 25.5. The fourth-order valence-electron chi connectivity index (χ4n) is 4.28. The number of rotatable bonds is 8. The molecule has 3 amide bonds. The van der Waals surface area contributed by atoms with Gasteiger partial charge >= 0.3 is 0 Å². The van der Waals surface area contributed by atoms with Crippen LogP contribution in [0.1, 0.15) is 59.9 Å². The molecule has 0 aromatic heterocycles. The Kier molecular flexibility index (Phi) is 8.90. The van der Waals surface area contributed by atoms with Crippen LogP contribution < -0.4 is 15.4 Å². The summed E-state index contributed by atoms with van der Waals surface area (Å²) in [5.41, 5.74) is 2.03. The van der Waals surface area contributed by atoms with Crippen molar-refractivity contribution >= 4 is 17.7 Å². The molecule has 0 unspecified atom stereocenters. The predicted molar refractivity (Wildman–Crippen MR) is 136 cm³/mol. The third kappa shape index (κ3) is 6.62. The number of carbonyl (C=O) groups is 3. The van der Waals surface area contributed by atoms with Crippen LogP contribution >= 0.6 is 0 Å². The molecule has 0 aliphatic carbocycles. The van der Waals surface area contributed by atoms with Crippen molar-refractivity contribution < 1.29 is 19.1 Å². The Morgan fingerprint density at radius 3 is 2.14 bits per heavy atom. The SMILES string of the molecule is COc1ccc(C(=O)N2CCC([C@H](NC(=O)c3ccccc3C)C(=O)N[C@H](C)C(C)C)CC2)cc1. The van der Waals surface area contributed by atoms with Gasteiger partial charge in [0.25, 0.3) is 11.8 Å². The second-order valence-electron chi connectivity index (χ2n) is 9.67. The molecule has 0 spiro atoms. The number of likely N-dealkylation sites (tertiary alicyclic amines) is 1. The highest BCUT2D eigenvalue weighted by Crippen LogP contribution is 2.24. The van der Waals surface area contributed by atoms with Crippen molar-refractivity contribution in [2.24, 2.45) is 11.8 Å². The van der Waals surface area contributed by atoms with Gasteiger partial charge in [-0.3, -0.25) is 14.4 Å². The highest BCUT2D eigenvalue weighted by atomic mass is 16.5. The summed E-state index contributed by atoms with van der Waals surface area (Å²) >= 11 is 0. The molecule has 3 rings (SSSR count). The zero-order valence-electron chi connectivity index (χ0n) is 21.3. The van der Waals surface area contributed by atoms with Crippen molar-refractivity contribution in [1.82, 2.24) is 15.5 Å². The molecule has 2 N–H and O–H groups in total. The molecular weight excluding hydrogens is 442 g/mol. The molecule has 35 heavy (non-hydrogen) atoms. The molecule has 1 saturated heterocycles. The third-order valence-corrected chi connectivity index (χ3v) is 6.96. The largest absolute Gasteiger partial charge is 0.497 e. The summed E-state index contributed by atoms with van der Waals surface area (Å²) in [6.07, 6.45) is 1.26. The van der Waals surface area contributed by atoms with Gasteiger partial charge in [0, 0.05) is 30.3 Å². The summed E-state index contributed by atoms with van der Waals surface area (Å²) in [6, 6.07) is 13.8. The number of nitrogens with zero attached hydrogens (tertiary/aromatic N) is 1. The lowest BCUT2D eigenvalue weighted by atomic mass is 9.87. The standard InChI is InChI=1S/C28H37N3O4/c1-18(2)20(4)29-27(33)25(30-26(32)24-9-7-6-8-19(24)3)21-14-16-31(17-15-21)28(34)22-10-12-23(35-5)13-11-22/h6-13,18,20-21,25H,14-17H2,1-5H3,(H,29,33)(H,30,32)/t20-,25+/m1/s1. The predicted octanol–water partition coefficient (Wildman–Crippen LogP) is 3.82. The monoisotopic (exact) mass is 479 g/mol. The van der Waals surface area contributed by atoms with E-state index in [-0.39, 0.29) is 35.6 Å². The van der Waals surface area contributed by atoms with Crippen LogP contribution in [0.5, 0.6) is 5.75 Å². The van der Waals surface area contributed by atoms with Crippen LogP contribution in [-0.2, 0) is 4.79 Å². The van der Waals surface area contributed by atoms with Crippen LogP contribution in [0.4, 0.5) is 0 Å². The minimum absolute atomic E-state index is 0.0166. The summed E-state index contributed by atoms with van der Waals surface area (Å²) in [5, 5.41) is 6.08. The van der Waals surface area contributed by atoms with Crippen LogP contribution in [0.3, 0.4) is 0 Å². The first-order valence-electron chi connectivity index (χ1n) is 12.3. The van der Waals surface area contributed by atoms with Crippen LogP contribution in [0, 0.1) is 18.8 Å². The van der Waals surface area contributed by atoms with Crippen LogP contribution in [-0.4, -0.2) is 54.9 Å². The maximum absolute atomic E-state index is 13.3. The van der Waals surface area contributed by atoms with Crippen molar-refractivity contribution in [3.05, 3.63) is 65.2 Å². The Balaban J connectivity index is 1.71. The molecule has 1 aliphatic rings. The van der Waals surface area contributed by atoms with E-state index in [4.69, 9.17) is 4.74 Å². The summed E-state index contributed by atoms with van der Waals surface area (Å²) in [6.45, 7) is 9.01. The molecule has 2 aromatic carbocycles. The molecule has 7 heteroatoms. The van der Waals surface area contributed by atoms with Gasteiger partial charge < -0.3 is 20.3 Å². The van der Waals surface area contributed by atoms with Crippen LogP contribution in [0.25, 0.3) is 0 Å². The normalized spacial score (nSPS) is 15.9. The van der Waals surface area contributed by atoms with E-state index >= 15 is 0 Å². The van der Waals surface area contributed by atoms with Crippen molar-refractivity contribution in [1.29, 1.82) is 0 Å². The zero-order valence-corrected chi connectivity index (χ0v) is 21.3. The summed E-state index contributed by atoms with van der Waals surface area (Å²) in [4.78, 5) is 41.2. The first kappa shape index (κ1) is 26.3. The van der Waals surface area contributed by atoms with Crippen LogP contribution in [0.15, 0.2) is 48.5 Å². The molecular formula is C28H37N3O4. The van der Waals surface area contributed by atoms with E-state index < -0.39 is 6.04 Å². The number of hydrogen-bond donors (Lipinski definition) is 2. The van der Waals surface area contributed by atoms with Crippen molar-refractivity contribution in [2.75, 3.05) is 20.2 Å². The molecule has 7 nitrogen and oxygen atoms in total. The molecule has 2 aromatic rings. The summed E-state index contributed by atoms with van der Waals surface area (Å²) in [7, 11) is 1.59. The molecule has 0 bridgehead atoms. The van der Waals surface area contributed by atoms with Gasteiger partial charge in [0.05, 0.1) is 7.11 Å². The molecule has 1 fully saturated rings. The molecule has 0 saturated carbocycles. The van der Waals surface area contributed by atoms with E-state index in [0.29, 0.717) is 42.8 Å². The fraction of sp³-hybridized carbons (Fsp3) is 0.464. The maximum Gasteiger partial charge on any atom is 0.253 e. The van der Waals surface area contributed by atoms with E-state index in [0.717, 1.165) is 5.56 Å². The van der Waals surface area contributed by atoms with Crippen molar-refractivity contribution in [3.63, 3.8) is 0 Å². The van der Waals surface area contributed by atoms with Gasteiger partial charge in [0.1, 0.15) is 11.8 Å². The maximum atomic E-state index is 13.3. The fourth-order valence-corrected chi connectivity index (χ4v) is 4.28. The minimum atomic E-state index is -0.665. The quantitative estimate of drug-likeness (QED) is 0.603. The Labute approximate surface area is 208 Å². The second kappa shape index (κ2) is 11.9. The summed E-state index contributed by atoms with van der Waals surface area (Å²) in [5.74, 6) is 0.446. The lowest BCUT2D eigenvalue weighted by Crippen LogP contribution is -2.55. The number of piperidine rings is 1. The minimum Gasteiger partial charge on any atom is -0.497 e. The summed E-state index contributed by atoms with van der Waals surface area (Å²) < 4.78 is 5.17. The molecule has 1 aliphatic heterocycles. The average molecular weight is 480 g/mol. The van der Waals surface area contributed by atoms with Crippen molar-refractivity contribution in [2.45, 2.75) is 52.6 Å². The number of carbonyl (C=O) groups excluding carboxylic acids is 3. The van der Waals surface area contributed by atoms with Gasteiger partial charge in [-0.15, -0.1) is 0 Å². The topological polar surface area (TPSA) is 87.7 Å². The number of hydrogen-bond acceptors (Lipinski definition) is 4. The lowest BCUT2D eigenvalue weighted by molar-refractivity contribution is -0.125. The molecule has 0 radical (unpaired) electrons. The number of aryl methyl sites for hydroxylation is 1. The Morgan fingerprint density at radius 2 is 1.57 bits per heavy atom. The lowest BCUT2D eigenvalue weighted by Gasteiger charge is -2.36. The van der Waals surface area contributed by atoms with Gasteiger partial charge in [-0.1, -0.05) is 32.0 Å². The molecule has 2 atom stereocenters. The van der Waals surface area contributed by atoms with Gasteiger partial charge in [-0.25, -0.2) is 0 Å². The number of ether oxygens (including phenoxy) is 1. The van der Waals surface area contributed by atoms with Crippen molar-refractivity contribution in [3.8, 4) is 5.75 Å². The third-order valence-electron chi connectivity index (χ3n) is 6.96. The first-order valence-corrected chi connectivity index (χ1v) is 12.3. The van der Waals surface area contributed by atoms with E-state index in [1.54, 1.807) is 37.4 Å². The first-order chi connectivity index (χ1) is 16.7. The average Bonchev–Trinajstić information content (AvgIpc) is 2.87. The van der Waals surface area contributed by atoms with Gasteiger partial charge in [-0.05, 0) is 74.4 Å². The Bertz CT molecular complexity index is 1030. The second-order valence-corrected chi connectivity index (χ2v) is 9.67. The molecule has 188 valence electrons. The van der Waals surface area contributed by atoms with E-state index in [2.05, 4.69) is 24.5 Å². The number of nitrogens with one attached hydrogen (secondary N) is 2. The van der Waals surface area contributed by atoms with E-state index in [1.807, 2.05) is 36.9 Å².